The molecule has 0 saturated carbocycles. The third-order valence-electron chi connectivity index (χ3n) is 2.26. The first-order chi connectivity index (χ1) is 7.35. The van der Waals surface area contributed by atoms with Gasteiger partial charge in [0.25, 0.3) is 0 Å². The van der Waals surface area contributed by atoms with Gasteiger partial charge in [0.05, 0.1) is 23.6 Å². The third kappa shape index (κ3) is 1.72. The van der Waals surface area contributed by atoms with Crippen molar-refractivity contribution in [3.05, 3.63) is 41.7 Å². The standard InChI is InChI=1S/C11H10N4/c1-2-9-3-4-10(8-12)11(7-9)15-6-5-13-14-15/h3-7H,2H2,1H3. The van der Waals surface area contributed by atoms with Gasteiger partial charge in [-0.05, 0) is 24.1 Å². The highest BCUT2D eigenvalue weighted by molar-refractivity contribution is 5.50. The van der Waals surface area contributed by atoms with Crippen LogP contribution in [0, 0.1) is 11.3 Å². The summed E-state index contributed by atoms with van der Waals surface area (Å²) < 4.78 is 1.61. The minimum atomic E-state index is 0.609. The predicted molar refractivity (Wildman–Crippen MR) is 55.5 cm³/mol. The van der Waals surface area contributed by atoms with E-state index in [4.69, 9.17) is 5.26 Å². The number of nitriles is 1. The summed E-state index contributed by atoms with van der Waals surface area (Å²) in [6.45, 7) is 2.08. The van der Waals surface area contributed by atoms with Crippen LogP contribution in [0.25, 0.3) is 5.69 Å². The lowest BCUT2D eigenvalue weighted by Crippen LogP contribution is -1.99. The molecule has 0 bridgehead atoms. The van der Waals surface area contributed by atoms with Gasteiger partial charge in [0.2, 0.25) is 0 Å². The third-order valence-corrected chi connectivity index (χ3v) is 2.26. The average Bonchev–Trinajstić information content (AvgIpc) is 2.81. The molecule has 2 aromatic rings. The Labute approximate surface area is 87.8 Å². The van der Waals surface area contributed by atoms with Crippen LogP contribution in [-0.4, -0.2) is 15.0 Å². The van der Waals surface area contributed by atoms with Gasteiger partial charge in [-0.3, -0.25) is 0 Å². The van der Waals surface area contributed by atoms with Crippen molar-refractivity contribution in [3.63, 3.8) is 0 Å². The van der Waals surface area contributed by atoms with E-state index in [9.17, 15) is 0 Å². The molecule has 74 valence electrons. The lowest BCUT2D eigenvalue weighted by Gasteiger charge is -2.05. The smallest absolute Gasteiger partial charge is 0.101 e. The fourth-order valence-electron chi connectivity index (χ4n) is 1.42. The zero-order valence-electron chi connectivity index (χ0n) is 8.38. The van der Waals surface area contributed by atoms with E-state index >= 15 is 0 Å². The van der Waals surface area contributed by atoms with Gasteiger partial charge in [-0.1, -0.05) is 18.2 Å². The lowest BCUT2D eigenvalue weighted by molar-refractivity contribution is 0.799. The van der Waals surface area contributed by atoms with Gasteiger partial charge in [-0.25, -0.2) is 4.68 Å². The Morgan fingerprint density at radius 1 is 1.47 bits per heavy atom. The molecule has 0 atom stereocenters. The molecule has 0 amide bonds. The summed E-state index contributed by atoms with van der Waals surface area (Å²) in [5, 5.41) is 16.6. The Morgan fingerprint density at radius 2 is 2.33 bits per heavy atom. The molecule has 0 spiro atoms. The van der Waals surface area contributed by atoms with Gasteiger partial charge in [0.1, 0.15) is 6.07 Å². The molecular formula is C11H10N4. The van der Waals surface area contributed by atoms with Crippen molar-refractivity contribution in [1.29, 1.82) is 5.26 Å². The molecule has 4 nitrogen and oxygen atoms in total. The number of hydrogen-bond donors (Lipinski definition) is 0. The second kappa shape index (κ2) is 3.93. The van der Waals surface area contributed by atoms with E-state index in [-0.39, 0.29) is 0 Å². The van der Waals surface area contributed by atoms with Crippen molar-refractivity contribution < 1.29 is 0 Å². The maximum absolute atomic E-state index is 8.97. The van der Waals surface area contributed by atoms with Crippen molar-refractivity contribution in [2.75, 3.05) is 0 Å². The SMILES string of the molecule is CCc1ccc(C#N)c(-n2ccnn2)c1. The lowest BCUT2D eigenvalue weighted by atomic mass is 10.1. The molecule has 0 radical (unpaired) electrons. The van der Waals surface area contributed by atoms with Crippen LogP contribution in [0.2, 0.25) is 0 Å². The van der Waals surface area contributed by atoms with Crippen LogP contribution < -0.4 is 0 Å². The molecule has 0 aliphatic rings. The second-order valence-electron chi connectivity index (χ2n) is 3.16. The van der Waals surface area contributed by atoms with Gasteiger partial charge in [-0.2, -0.15) is 5.26 Å². The number of benzene rings is 1. The summed E-state index contributed by atoms with van der Waals surface area (Å²) in [6, 6.07) is 7.88. The van der Waals surface area contributed by atoms with Crippen LogP contribution in [0.1, 0.15) is 18.1 Å². The van der Waals surface area contributed by atoms with Crippen molar-refractivity contribution in [2.45, 2.75) is 13.3 Å². The van der Waals surface area contributed by atoms with Crippen molar-refractivity contribution in [3.8, 4) is 11.8 Å². The van der Waals surface area contributed by atoms with E-state index in [1.54, 1.807) is 17.1 Å². The normalized spacial score (nSPS) is 9.87. The van der Waals surface area contributed by atoms with Crippen molar-refractivity contribution in [2.24, 2.45) is 0 Å². The number of hydrogen-bond acceptors (Lipinski definition) is 3. The van der Waals surface area contributed by atoms with Crippen LogP contribution in [0.5, 0.6) is 0 Å². The molecule has 0 N–H and O–H groups in total. The molecule has 4 heteroatoms. The highest BCUT2D eigenvalue weighted by Gasteiger charge is 2.05. The molecule has 0 fully saturated rings. The highest BCUT2D eigenvalue weighted by Crippen LogP contribution is 2.15. The Hall–Kier alpha value is -2.15. The molecule has 0 aliphatic carbocycles. The van der Waals surface area contributed by atoms with Gasteiger partial charge in [-0.15, -0.1) is 5.10 Å². The van der Waals surface area contributed by atoms with E-state index in [2.05, 4.69) is 23.3 Å². The van der Waals surface area contributed by atoms with Gasteiger partial charge in [0.15, 0.2) is 0 Å². The number of aryl methyl sites for hydroxylation is 1. The molecule has 15 heavy (non-hydrogen) atoms. The summed E-state index contributed by atoms with van der Waals surface area (Å²) in [5.41, 5.74) is 2.58. The van der Waals surface area contributed by atoms with Crippen molar-refractivity contribution >= 4 is 0 Å². The van der Waals surface area contributed by atoms with Crippen LogP contribution in [-0.2, 0) is 6.42 Å². The largest absolute Gasteiger partial charge is 0.219 e. The van der Waals surface area contributed by atoms with E-state index in [0.717, 1.165) is 12.1 Å². The number of aromatic nitrogens is 3. The quantitative estimate of drug-likeness (QED) is 0.738. The fraction of sp³-hybridized carbons (Fsp3) is 0.182. The van der Waals surface area contributed by atoms with Crippen LogP contribution in [0.15, 0.2) is 30.6 Å². The highest BCUT2D eigenvalue weighted by atomic mass is 15.4. The van der Waals surface area contributed by atoms with Crippen LogP contribution in [0.4, 0.5) is 0 Å². The summed E-state index contributed by atoms with van der Waals surface area (Å²) >= 11 is 0. The Kier molecular flexibility index (Phi) is 2.46. The summed E-state index contributed by atoms with van der Waals surface area (Å²) in [5.74, 6) is 0. The van der Waals surface area contributed by atoms with E-state index < -0.39 is 0 Å². The minimum Gasteiger partial charge on any atom is -0.219 e. The maximum atomic E-state index is 8.97. The zero-order valence-corrected chi connectivity index (χ0v) is 8.38. The molecular weight excluding hydrogens is 188 g/mol. The van der Waals surface area contributed by atoms with Gasteiger partial charge < -0.3 is 0 Å². The van der Waals surface area contributed by atoms with Crippen molar-refractivity contribution in [1.82, 2.24) is 15.0 Å². The van der Waals surface area contributed by atoms with E-state index in [1.165, 1.54) is 5.56 Å². The van der Waals surface area contributed by atoms with Gasteiger partial charge >= 0.3 is 0 Å². The molecule has 1 aromatic heterocycles. The fourth-order valence-corrected chi connectivity index (χ4v) is 1.42. The average molecular weight is 198 g/mol. The molecule has 0 unspecified atom stereocenters. The predicted octanol–water partition coefficient (Wildman–Crippen LogP) is 1.70. The molecule has 1 heterocycles. The van der Waals surface area contributed by atoms with E-state index in [1.807, 2.05) is 18.2 Å². The number of rotatable bonds is 2. The second-order valence-corrected chi connectivity index (χ2v) is 3.16. The maximum Gasteiger partial charge on any atom is 0.101 e. The first-order valence-corrected chi connectivity index (χ1v) is 4.75. The Bertz CT molecular complexity index is 494. The molecule has 0 saturated heterocycles. The topological polar surface area (TPSA) is 54.5 Å². The Morgan fingerprint density at radius 3 is 2.93 bits per heavy atom. The molecule has 1 aromatic carbocycles. The van der Waals surface area contributed by atoms with Crippen LogP contribution >= 0.6 is 0 Å². The van der Waals surface area contributed by atoms with E-state index in [0.29, 0.717) is 5.56 Å². The first-order valence-electron chi connectivity index (χ1n) is 4.75. The van der Waals surface area contributed by atoms with Gasteiger partial charge in [0, 0.05) is 0 Å². The Balaban J connectivity index is 2.58. The zero-order chi connectivity index (χ0) is 10.7. The monoisotopic (exact) mass is 198 g/mol. The number of nitrogens with zero attached hydrogens (tertiary/aromatic N) is 4. The molecule has 0 aliphatic heterocycles. The summed E-state index contributed by atoms with van der Waals surface area (Å²) in [4.78, 5) is 0. The minimum absolute atomic E-state index is 0.609. The van der Waals surface area contributed by atoms with Crippen LogP contribution in [0.3, 0.4) is 0 Å². The first kappa shape index (κ1) is 9.41. The molecule has 2 rings (SSSR count). The summed E-state index contributed by atoms with van der Waals surface area (Å²) in [7, 11) is 0. The summed E-state index contributed by atoms with van der Waals surface area (Å²) in [6.07, 6.45) is 4.27.